The van der Waals surface area contributed by atoms with E-state index in [0.29, 0.717) is 0 Å². The number of allylic oxidation sites excluding steroid dienone is 1. The fourth-order valence-electron chi connectivity index (χ4n) is 1.55. The second-order valence-corrected chi connectivity index (χ2v) is 5.80. The molecule has 0 saturated carbocycles. The zero-order valence-electron chi connectivity index (χ0n) is 9.17. The van der Waals surface area contributed by atoms with Crippen LogP contribution in [0.2, 0.25) is 0 Å². The summed E-state index contributed by atoms with van der Waals surface area (Å²) >= 11 is 1.41. The fourth-order valence-corrected chi connectivity index (χ4v) is 2.68. The minimum Gasteiger partial charge on any atom is -0.345 e. The van der Waals surface area contributed by atoms with Gasteiger partial charge in [0.1, 0.15) is 0 Å². The first-order valence-electron chi connectivity index (χ1n) is 5.19. The monoisotopic (exact) mass is 213 g/mol. The smallest absolute Gasteiger partial charge is 0.280 e. The standard InChI is InChI=1S/C11H19NOS/c1-9(2)12-10(13)14-11(3)7-5-4-6-8-11/h5,7,9H,4,6,8H2,1-3H3,(H,12,13)/t11-/m0/s1. The SMILES string of the molecule is CC(C)NC(=O)S[C@@]1(C)C=CCCC1. The molecule has 14 heavy (non-hydrogen) atoms. The number of carbonyl (C=O) groups is 1. The maximum atomic E-state index is 11.5. The van der Waals surface area contributed by atoms with Crippen molar-refractivity contribution in [2.75, 3.05) is 0 Å². The summed E-state index contributed by atoms with van der Waals surface area (Å²) < 4.78 is 0.0111. The van der Waals surface area contributed by atoms with Crippen LogP contribution in [0.15, 0.2) is 12.2 Å². The molecule has 1 aliphatic rings. The molecule has 1 amide bonds. The summed E-state index contributed by atoms with van der Waals surface area (Å²) in [5, 5.41) is 3.00. The molecular weight excluding hydrogens is 194 g/mol. The lowest BCUT2D eigenvalue weighted by Gasteiger charge is -2.27. The molecule has 0 bridgehead atoms. The molecule has 80 valence electrons. The average Bonchev–Trinajstić information content (AvgIpc) is 2.02. The highest BCUT2D eigenvalue weighted by Crippen LogP contribution is 2.35. The zero-order valence-corrected chi connectivity index (χ0v) is 9.99. The van der Waals surface area contributed by atoms with E-state index in [1.54, 1.807) is 0 Å². The van der Waals surface area contributed by atoms with E-state index in [4.69, 9.17) is 0 Å². The summed E-state index contributed by atoms with van der Waals surface area (Å²) in [6.07, 6.45) is 7.79. The Kier molecular flexibility index (Phi) is 4.05. The molecule has 0 spiro atoms. The van der Waals surface area contributed by atoms with Crippen LogP contribution in [-0.4, -0.2) is 16.0 Å². The summed E-state index contributed by atoms with van der Waals surface area (Å²) in [6, 6.07) is 0.228. The van der Waals surface area contributed by atoms with Gasteiger partial charge in [0.15, 0.2) is 0 Å². The van der Waals surface area contributed by atoms with Gasteiger partial charge in [-0.3, -0.25) is 4.79 Å². The quantitative estimate of drug-likeness (QED) is 0.713. The van der Waals surface area contributed by atoms with Crippen molar-refractivity contribution in [1.29, 1.82) is 0 Å². The number of amides is 1. The Balaban J connectivity index is 2.45. The first-order valence-corrected chi connectivity index (χ1v) is 6.01. The Bertz CT molecular complexity index is 237. The van der Waals surface area contributed by atoms with Crippen LogP contribution in [0.3, 0.4) is 0 Å². The second kappa shape index (κ2) is 4.87. The first-order chi connectivity index (χ1) is 6.52. The van der Waals surface area contributed by atoms with E-state index in [2.05, 4.69) is 24.4 Å². The lowest BCUT2D eigenvalue weighted by atomic mass is 9.97. The molecule has 1 aliphatic carbocycles. The van der Waals surface area contributed by atoms with E-state index in [0.717, 1.165) is 12.8 Å². The van der Waals surface area contributed by atoms with E-state index in [1.807, 2.05) is 13.8 Å². The summed E-state index contributed by atoms with van der Waals surface area (Å²) in [7, 11) is 0. The summed E-state index contributed by atoms with van der Waals surface area (Å²) in [5.74, 6) is 0. The Morgan fingerprint density at radius 2 is 2.29 bits per heavy atom. The molecule has 0 aromatic heterocycles. The molecule has 3 heteroatoms. The van der Waals surface area contributed by atoms with Gasteiger partial charge in [-0.2, -0.15) is 0 Å². The Hall–Kier alpha value is -0.440. The van der Waals surface area contributed by atoms with Crippen molar-refractivity contribution in [1.82, 2.24) is 5.32 Å². The maximum absolute atomic E-state index is 11.5. The fraction of sp³-hybridized carbons (Fsp3) is 0.727. The van der Waals surface area contributed by atoms with Gasteiger partial charge in [0.05, 0.1) is 0 Å². The van der Waals surface area contributed by atoms with Crippen LogP contribution in [0.5, 0.6) is 0 Å². The average molecular weight is 213 g/mol. The van der Waals surface area contributed by atoms with Crippen molar-refractivity contribution >= 4 is 17.0 Å². The molecule has 0 aromatic carbocycles. The molecule has 1 atom stereocenters. The van der Waals surface area contributed by atoms with Crippen molar-refractivity contribution in [3.63, 3.8) is 0 Å². The Morgan fingerprint density at radius 1 is 1.57 bits per heavy atom. The van der Waals surface area contributed by atoms with Crippen LogP contribution in [0, 0.1) is 0 Å². The van der Waals surface area contributed by atoms with Gasteiger partial charge in [-0.05, 0) is 40.0 Å². The third kappa shape index (κ3) is 3.74. The molecule has 0 fully saturated rings. The number of thioether (sulfide) groups is 1. The van der Waals surface area contributed by atoms with Crippen LogP contribution >= 0.6 is 11.8 Å². The molecule has 2 nitrogen and oxygen atoms in total. The third-order valence-electron chi connectivity index (χ3n) is 2.25. The summed E-state index contributed by atoms with van der Waals surface area (Å²) in [5.41, 5.74) is 0. The van der Waals surface area contributed by atoms with Gasteiger partial charge in [-0.15, -0.1) is 0 Å². The number of hydrogen-bond donors (Lipinski definition) is 1. The van der Waals surface area contributed by atoms with Crippen molar-refractivity contribution in [3.8, 4) is 0 Å². The van der Waals surface area contributed by atoms with E-state index in [9.17, 15) is 4.79 Å². The van der Waals surface area contributed by atoms with Crippen LogP contribution in [-0.2, 0) is 0 Å². The molecular formula is C11H19NOS. The summed E-state index contributed by atoms with van der Waals surface area (Å²) in [6.45, 7) is 6.10. The van der Waals surface area contributed by atoms with E-state index >= 15 is 0 Å². The Labute approximate surface area is 90.5 Å². The minimum atomic E-state index is 0.0111. The predicted octanol–water partition coefficient (Wildman–Crippen LogP) is 3.34. The predicted molar refractivity (Wildman–Crippen MR) is 62.7 cm³/mol. The molecule has 0 radical (unpaired) electrons. The Morgan fingerprint density at radius 3 is 2.79 bits per heavy atom. The van der Waals surface area contributed by atoms with Gasteiger partial charge in [0.25, 0.3) is 5.24 Å². The molecule has 0 aromatic rings. The van der Waals surface area contributed by atoms with Gasteiger partial charge in [0, 0.05) is 10.8 Å². The highest BCUT2D eigenvalue weighted by atomic mass is 32.2. The van der Waals surface area contributed by atoms with Crippen molar-refractivity contribution in [2.45, 2.75) is 50.8 Å². The topological polar surface area (TPSA) is 29.1 Å². The molecule has 0 saturated heterocycles. The highest BCUT2D eigenvalue weighted by Gasteiger charge is 2.26. The van der Waals surface area contributed by atoms with Crippen LogP contribution in [0.4, 0.5) is 4.79 Å². The number of hydrogen-bond acceptors (Lipinski definition) is 2. The van der Waals surface area contributed by atoms with Gasteiger partial charge in [-0.25, -0.2) is 0 Å². The minimum absolute atomic E-state index is 0.0111. The van der Waals surface area contributed by atoms with Gasteiger partial charge < -0.3 is 5.32 Å². The van der Waals surface area contributed by atoms with Crippen LogP contribution < -0.4 is 5.32 Å². The summed E-state index contributed by atoms with van der Waals surface area (Å²) in [4.78, 5) is 11.5. The second-order valence-electron chi connectivity index (χ2n) is 4.30. The van der Waals surface area contributed by atoms with Crippen LogP contribution in [0.25, 0.3) is 0 Å². The third-order valence-corrected chi connectivity index (χ3v) is 3.36. The number of nitrogens with one attached hydrogen (secondary N) is 1. The molecule has 0 aliphatic heterocycles. The van der Waals surface area contributed by atoms with E-state index < -0.39 is 0 Å². The normalized spacial score (nSPS) is 26.6. The first kappa shape index (κ1) is 11.6. The van der Waals surface area contributed by atoms with Crippen molar-refractivity contribution in [2.24, 2.45) is 0 Å². The molecule has 0 unspecified atom stereocenters. The van der Waals surface area contributed by atoms with E-state index in [1.165, 1.54) is 18.2 Å². The zero-order chi connectivity index (χ0) is 10.6. The number of rotatable bonds is 2. The lowest BCUT2D eigenvalue weighted by molar-refractivity contribution is 0.258. The lowest BCUT2D eigenvalue weighted by Crippen LogP contribution is -2.31. The number of carbonyl (C=O) groups excluding carboxylic acids is 1. The largest absolute Gasteiger partial charge is 0.345 e. The molecule has 1 rings (SSSR count). The van der Waals surface area contributed by atoms with E-state index in [-0.39, 0.29) is 16.0 Å². The molecule has 0 heterocycles. The van der Waals surface area contributed by atoms with Gasteiger partial charge >= 0.3 is 0 Å². The van der Waals surface area contributed by atoms with Gasteiger partial charge in [0.2, 0.25) is 0 Å². The van der Waals surface area contributed by atoms with Crippen LogP contribution in [0.1, 0.15) is 40.0 Å². The van der Waals surface area contributed by atoms with Crippen molar-refractivity contribution in [3.05, 3.63) is 12.2 Å². The molecule has 1 N–H and O–H groups in total. The maximum Gasteiger partial charge on any atom is 0.280 e. The van der Waals surface area contributed by atoms with Gasteiger partial charge in [-0.1, -0.05) is 23.9 Å². The van der Waals surface area contributed by atoms with Crippen molar-refractivity contribution < 1.29 is 4.79 Å². The highest BCUT2D eigenvalue weighted by molar-refractivity contribution is 8.14.